The number of anilines is 2. The highest BCUT2D eigenvalue weighted by Crippen LogP contribution is 2.35. The molecule has 0 spiro atoms. The van der Waals surface area contributed by atoms with Crippen molar-refractivity contribution >= 4 is 23.1 Å². The fraction of sp³-hybridized carbons (Fsp3) is 0.615. The molecule has 23 heavy (non-hydrogen) atoms. The van der Waals surface area contributed by atoms with Crippen molar-refractivity contribution in [2.75, 3.05) is 24.7 Å². The van der Waals surface area contributed by atoms with E-state index in [0.717, 1.165) is 6.42 Å². The van der Waals surface area contributed by atoms with E-state index in [1.54, 1.807) is 0 Å². The van der Waals surface area contributed by atoms with Crippen molar-refractivity contribution < 1.29 is 19.7 Å². The van der Waals surface area contributed by atoms with Crippen LogP contribution in [0.3, 0.4) is 0 Å². The summed E-state index contributed by atoms with van der Waals surface area (Å²) >= 11 is 0. The van der Waals surface area contributed by atoms with Gasteiger partial charge in [-0.25, -0.2) is 9.97 Å². The SMILES string of the molecule is CCCO[C@H]1[C@@H](O)[C@H](n2c(N)nc3cnc(N)nc32)O[C@@H]1CO. The van der Waals surface area contributed by atoms with Gasteiger partial charge in [-0.1, -0.05) is 6.92 Å². The van der Waals surface area contributed by atoms with E-state index in [0.29, 0.717) is 17.8 Å². The topological polar surface area (TPSA) is 155 Å². The second kappa shape index (κ2) is 6.24. The molecule has 0 aromatic carbocycles. The van der Waals surface area contributed by atoms with Crippen molar-refractivity contribution in [3.8, 4) is 0 Å². The van der Waals surface area contributed by atoms with E-state index >= 15 is 0 Å². The van der Waals surface area contributed by atoms with Gasteiger partial charge in [-0.05, 0) is 6.42 Å². The van der Waals surface area contributed by atoms with E-state index in [4.69, 9.17) is 20.9 Å². The maximum atomic E-state index is 10.6. The average molecular weight is 324 g/mol. The first kappa shape index (κ1) is 15.9. The first-order valence-electron chi connectivity index (χ1n) is 7.38. The molecule has 0 aliphatic carbocycles. The Hall–Kier alpha value is -2.01. The van der Waals surface area contributed by atoms with Gasteiger partial charge >= 0.3 is 0 Å². The van der Waals surface area contributed by atoms with Crippen molar-refractivity contribution in [2.24, 2.45) is 0 Å². The van der Waals surface area contributed by atoms with Crippen LogP contribution in [0, 0.1) is 0 Å². The Morgan fingerprint density at radius 3 is 2.87 bits per heavy atom. The van der Waals surface area contributed by atoms with Crippen LogP contribution < -0.4 is 11.5 Å². The summed E-state index contributed by atoms with van der Waals surface area (Å²) in [6.07, 6.45) is -1.02. The summed E-state index contributed by atoms with van der Waals surface area (Å²) in [7, 11) is 0. The van der Waals surface area contributed by atoms with Crippen LogP contribution in [-0.2, 0) is 9.47 Å². The van der Waals surface area contributed by atoms with Crippen LogP contribution >= 0.6 is 0 Å². The molecule has 0 bridgehead atoms. The summed E-state index contributed by atoms with van der Waals surface area (Å²) in [4.78, 5) is 12.1. The van der Waals surface area contributed by atoms with Crippen LogP contribution in [0.5, 0.6) is 0 Å². The third-order valence-electron chi connectivity index (χ3n) is 3.74. The summed E-state index contributed by atoms with van der Waals surface area (Å²) in [5, 5.41) is 20.0. The number of hydrogen-bond acceptors (Lipinski definition) is 9. The number of aromatic nitrogens is 4. The van der Waals surface area contributed by atoms with Crippen molar-refractivity contribution in [1.82, 2.24) is 19.5 Å². The molecule has 2 aromatic rings. The lowest BCUT2D eigenvalue weighted by Crippen LogP contribution is -2.36. The number of aliphatic hydroxyl groups is 2. The van der Waals surface area contributed by atoms with Crippen LogP contribution in [-0.4, -0.2) is 61.3 Å². The average Bonchev–Trinajstić information content (AvgIpc) is 3.01. The van der Waals surface area contributed by atoms with Crippen LogP contribution in [0.4, 0.5) is 11.9 Å². The quantitative estimate of drug-likeness (QED) is 0.544. The van der Waals surface area contributed by atoms with E-state index in [-0.39, 0.29) is 18.5 Å². The maximum Gasteiger partial charge on any atom is 0.222 e. The number of nitrogens with zero attached hydrogens (tertiary/aromatic N) is 4. The first-order valence-corrected chi connectivity index (χ1v) is 7.38. The molecule has 0 radical (unpaired) electrons. The Morgan fingerprint density at radius 1 is 1.39 bits per heavy atom. The number of fused-ring (bicyclic) bond motifs is 1. The Bertz CT molecular complexity index is 692. The van der Waals surface area contributed by atoms with Gasteiger partial charge in [0.05, 0.1) is 12.8 Å². The second-order valence-electron chi connectivity index (χ2n) is 5.35. The molecule has 1 saturated heterocycles. The number of ether oxygens (including phenoxy) is 2. The monoisotopic (exact) mass is 324 g/mol. The van der Waals surface area contributed by atoms with Crippen LogP contribution in [0.1, 0.15) is 19.6 Å². The van der Waals surface area contributed by atoms with Gasteiger partial charge in [0.1, 0.15) is 23.8 Å². The van der Waals surface area contributed by atoms with Gasteiger partial charge in [-0.15, -0.1) is 0 Å². The molecule has 10 heteroatoms. The highest BCUT2D eigenvalue weighted by atomic mass is 16.6. The van der Waals surface area contributed by atoms with E-state index in [1.807, 2.05) is 6.92 Å². The highest BCUT2D eigenvalue weighted by Gasteiger charge is 2.46. The smallest absolute Gasteiger partial charge is 0.222 e. The van der Waals surface area contributed by atoms with E-state index in [2.05, 4.69) is 15.0 Å². The van der Waals surface area contributed by atoms with Gasteiger partial charge in [0, 0.05) is 6.61 Å². The van der Waals surface area contributed by atoms with Gasteiger partial charge in [0.15, 0.2) is 11.9 Å². The molecule has 1 aliphatic heterocycles. The zero-order chi connectivity index (χ0) is 16.6. The molecule has 0 unspecified atom stereocenters. The normalized spacial score (nSPS) is 27.8. The first-order chi connectivity index (χ1) is 11.1. The lowest BCUT2D eigenvalue weighted by atomic mass is 10.1. The molecule has 4 atom stereocenters. The summed E-state index contributed by atoms with van der Waals surface area (Å²) < 4.78 is 12.8. The van der Waals surface area contributed by atoms with Crippen molar-refractivity contribution in [3.05, 3.63) is 6.20 Å². The molecule has 0 amide bonds. The number of hydrogen-bond donors (Lipinski definition) is 4. The maximum absolute atomic E-state index is 10.6. The molecular formula is C13H20N6O4. The fourth-order valence-electron chi connectivity index (χ4n) is 2.71. The summed E-state index contributed by atoms with van der Waals surface area (Å²) in [6.45, 7) is 2.11. The minimum atomic E-state index is -1.03. The lowest BCUT2D eigenvalue weighted by molar-refractivity contribution is -0.0599. The van der Waals surface area contributed by atoms with E-state index in [1.165, 1.54) is 10.8 Å². The molecule has 6 N–H and O–H groups in total. The number of aliphatic hydroxyl groups excluding tert-OH is 2. The third kappa shape index (κ3) is 2.70. The molecule has 0 saturated carbocycles. The van der Waals surface area contributed by atoms with E-state index in [9.17, 15) is 10.2 Å². The van der Waals surface area contributed by atoms with Crippen LogP contribution in [0.15, 0.2) is 6.20 Å². The molecule has 2 aromatic heterocycles. The zero-order valence-electron chi connectivity index (χ0n) is 12.7. The molecule has 1 fully saturated rings. The molecule has 126 valence electrons. The molecule has 10 nitrogen and oxygen atoms in total. The van der Waals surface area contributed by atoms with Crippen molar-refractivity contribution in [2.45, 2.75) is 37.9 Å². The standard InChI is InChI=1S/C13H20N6O4/c1-2-3-22-9-7(5-20)23-11(8(9)21)19-10-6(17-13(19)15)4-16-12(14)18-10/h4,7-9,11,20-21H,2-3,5H2,1H3,(H2,15,17)(H2,14,16,18)/t7-,8-,9-,11-/m1/s1. The van der Waals surface area contributed by atoms with Gasteiger partial charge in [0.25, 0.3) is 0 Å². The highest BCUT2D eigenvalue weighted by molar-refractivity contribution is 5.74. The molecule has 3 rings (SSSR count). The number of nitrogens with two attached hydrogens (primary N) is 2. The van der Waals surface area contributed by atoms with Crippen LogP contribution in [0.25, 0.3) is 11.2 Å². The summed E-state index contributed by atoms with van der Waals surface area (Å²) in [6, 6.07) is 0. The molecular weight excluding hydrogens is 304 g/mol. The molecule has 3 heterocycles. The van der Waals surface area contributed by atoms with Gasteiger partial charge in [0.2, 0.25) is 11.9 Å². The van der Waals surface area contributed by atoms with Crippen LogP contribution in [0.2, 0.25) is 0 Å². The predicted octanol–water partition coefficient (Wildman–Crippen LogP) is -0.963. The number of rotatable bonds is 5. The Balaban J connectivity index is 1.98. The van der Waals surface area contributed by atoms with Crippen molar-refractivity contribution in [3.63, 3.8) is 0 Å². The summed E-state index contributed by atoms with van der Waals surface area (Å²) in [5.74, 6) is 0.167. The number of imidazole rings is 1. The largest absolute Gasteiger partial charge is 0.394 e. The summed E-state index contributed by atoms with van der Waals surface area (Å²) in [5.41, 5.74) is 12.3. The molecule has 1 aliphatic rings. The Morgan fingerprint density at radius 2 is 2.17 bits per heavy atom. The minimum absolute atomic E-state index is 0.0589. The third-order valence-corrected chi connectivity index (χ3v) is 3.74. The van der Waals surface area contributed by atoms with Crippen molar-refractivity contribution in [1.29, 1.82) is 0 Å². The number of nitrogen functional groups attached to an aromatic ring is 2. The van der Waals surface area contributed by atoms with Gasteiger partial charge in [-0.3, -0.25) is 4.57 Å². The second-order valence-corrected chi connectivity index (χ2v) is 5.35. The van der Waals surface area contributed by atoms with E-state index < -0.39 is 24.5 Å². The predicted molar refractivity (Wildman–Crippen MR) is 81.2 cm³/mol. The fourth-order valence-corrected chi connectivity index (χ4v) is 2.71. The van der Waals surface area contributed by atoms with Gasteiger partial charge in [-0.2, -0.15) is 4.98 Å². The zero-order valence-corrected chi connectivity index (χ0v) is 12.7. The Kier molecular flexibility index (Phi) is 4.31. The minimum Gasteiger partial charge on any atom is -0.394 e. The van der Waals surface area contributed by atoms with Gasteiger partial charge < -0.3 is 31.2 Å². The lowest BCUT2D eigenvalue weighted by Gasteiger charge is -2.20. The Labute approximate surface area is 132 Å².